The van der Waals surface area contributed by atoms with Crippen LogP contribution >= 0.6 is 11.3 Å². The maximum absolute atomic E-state index is 5.12. The van der Waals surface area contributed by atoms with E-state index in [0.29, 0.717) is 17.5 Å². The fourth-order valence-corrected chi connectivity index (χ4v) is 7.05. The van der Waals surface area contributed by atoms with Crippen molar-refractivity contribution >= 4 is 43.4 Å². The van der Waals surface area contributed by atoms with Crippen LogP contribution < -0.4 is 0 Å². The SMILES string of the molecule is c1ccc(-c2nc(-c3ccccc3)nc(-c3ccc4sc(-c5cccc(-n6c7ccccc7c7ccccc76)c5)nc4c3)n2)cc1. The molecule has 0 radical (unpaired) electrons. The molecule has 9 aromatic rings. The van der Waals surface area contributed by atoms with Gasteiger partial charge in [-0.05, 0) is 42.5 Å². The van der Waals surface area contributed by atoms with Crippen LogP contribution in [0.5, 0.6) is 0 Å². The first kappa shape index (κ1) is 26.4. The molecule has 0 bridgehead atoms. The van der Waals surface area contributed by atoms with Crippen LogP contribution in [0.2, 0.25) is 0 Å². The molecule has 0 unspecified atom stereocenters. The summed E-state index contributed by atoms with van der Waals surface area (Å²) in [6, 6.07) is 52.2. The van der Waals surface area contributed by atoms with Crippen molar-refractivity contribution in [3.05, 3.63) is 152 Å². The average Bonchev–Trinajstić information content (AvgIpc) is 3.71. The average molecular weight is 608 g/mol. The molecule has 3 heterocycles. The highest BCUT2D eigenvalue weighted by Crippen LogP contribution is 2.36. The van der Waals surface area contributed by atoms with Crippen molar-refractivity contribution in [1.82, 2.24) is 24.5 Å². The van der Waals surface area contributed by atoms with Crippen molar-refractivity contribution in [2.24, 2.45) is 0 Å². The number of hydrogen-bond donors (Lipinski definition) is 0. The van der Waals surface area contributed by atoms with E-state index in [1.807, 2.05) is 60.7 Å². The maximum atomic E-state index is 5.12. The quantitative estimate of drug-likeness (QED) is 0.195. The van der Waals surface area contributed by atoms with Gasteiger partial charge in [0.1, 0.15) is 5.01 Å². The van der Waals surface area contributed by atoms with Gasteiger partial charge in [0.15, 0.2) is 17.5 Å². The molecule has 0 saturated carbocycles. The molecule has 46 heavy (non-hydrogen) atoms. The lowest BCUT2D eigenvalue weighted by molar-refractivity contribution is 1.07. The first-order chi connectivity index (χ1) is 22.8. The van der Waals surface area contributed by atoms with Gasteiger partial charge in [0.2, 0.25) is 0 Å². The minimum Gasteiger partial charge on any atom is -0.309 e. The summed E-state index contributed by atoms with van der Waals surface area (Å²) >= 11 is 1.69. The Morgan fingerprint density at radius 1 is 0.413 bits per heavy atom. The monoisotopic (exact) mass is 607 g/mol. The second-order valence-corrected chi connectivity index (χ2v) is 12.2. The van der Waals surface area contributed by atoms with Crippen molar-refractivity contribution < 1.29 is 0 Å². The van der Waals surface area contributed by atoms with Crippen molar-refractivity contribution in [2.45, 2.75) is 0 Å². The highest BCUT2D eigenvalue weighted by atomic mass is 32.1. The summed E-state index contributed by atoms with van der Waals surface area (Å²) in [6.45, 7) is 0. The predicted molar refractivity (Wildman–Crippen MR) is 189 cm³/mol. The molecular formula is C40H25N5S. The molecule has 0 amide bonds. The molecule has 0 spiro atoms. The maximum Gasteiger partial charge on any atom is 0.164 e. The second kappa shape index (κ2) is 10.9. The fourth-order valence-electron chi connectivity index (χ4n) is 6.11. The standard InChI is InChI=1S/C40H25N5S/c1-3-12-26(13-4-1)37-42-38(27-14-5-2-6-15-27)44-39(43-37)28-22-23-36-33(25-28)41-40(46-36)29-16-11-17-30(24-29)45-34-20-9-7-18-31(34)32-19-8-10-21-35(32)45/h1-25H. The molecule has 0 aliphatic carbocycles. The van der Waals surface area contributed by atoms with Gasteiger partial charge in [0, 0.05) is 38.7 Å². The van der Waals surface area contributed by atoms with Gasteiger partial charge in [-0.25, -0.2) is 19.9 Å². The topological polar surface area (TPSA) is 56.5 Å². The van der Waals surface area contributed by atoms with Crippen molar-refractivity contribution in [3.63, 3.8) is 0 Å². The number of hydrogen-bond acceptors (Lipinski definition) is 5. The lowest BCUT2D eigenvalue weighted by Crippen LogP contribution is -2.00. The molecule has 5 nitrogen and oxygen atoms in total. The van der Waals surface area contributed by atoms with Crippen LogP contribution in [0.15, 0.2) is 152 Å². The van der Waals surface area contributed by atoms with Gasteiger partial charge in [-0.2, -0.15) is 0 Å². The summed E-state index contributed by atoms with van der Waals surface area (Å²) in [5, 5.41) is 3.47. The lowest BCUT2D eigenvalue weighted by atomic mass is 10.1. The van der Waals surface area contributed by atoms with E-state index in [1.165, 1.54) is 21.8 Å². The minimum atomic E-state index is 0.623. The Balaban J connectivity index is 1.14. The number of fused-ring (bicyclic) bond motifs is 4. The van der Waals surface area contributed by atoms with E-state index in [4.69, 9.17) is 19.9 Å². The zero-order chi connectivity index (χ0) is 30.5. The number of aromatic nitrogens is 5. The van der Waals surface area contributed by atoms with Crippen LogP contribution in [0, 0.1) is 0 Å². The molecule has 216 valence electrons. The zero-order valence-electron chi connectivity index (χ0n) is 24.6. The van der Waals surface area contributed by atoms with Crippen molar-refractivity contribution in [3.8, 4) is 50.4 Å². The highest BCUT2D eigenvalue weighted by Gasteiger charge is 2.16. The van der Waals surface area contributed by atoms with Crippen LogP contribution in [0.3, 0.4) is 0 Å². The highest BCUT2D eigenvalue weighted by molar-refractivity contribution is 7.21. The first-order valence-electron chi connectivity index (χ1n) is 15.2. The lowest BCUT2D eigenvalue weighted by Gasteiger charge is -2.09. The normalized spacial score (nSPS) is 11.5. The molecule has 0 saturated heterocycles. The van der Waals surface area contributed by atoms with E-state index in [-0.39, 0.29) is 0 Å². The number of rotatable bonds is 5. The van der Waals surface area contributed by atoms with E-state index in [2.05, 4.69) is 95.6 Å². The molecule has 0 aliphatic heterocycles. The molecule has 0 atom stereocenters. The van der Waals surface area contributed by atoms with Crippen LogP contribution in [0.1, 0.15) is 0 Å². The summed E-state index contributed by atoms with van der Waals surface area (Å²) in [7, 11) is 0. The molecule has 3 aromatic heterocycles. The van der Waals surface area contributed by atoms with Crippen LogP contribution in [0.4, 0.5) is 0 Å². The number of thiazole rings is 1. The van der Waals surface area contributed by atoms with Gasteiger partial charge in [0.25, 0.3) is 0 Å². The van der Waals surface area contributed by atoms with Gasteiger partial charge >= 0.3 is 0 Å². The Labute approximate surface area is 269 Å². The minimum absolute atomic E-state index is 0.623. The van der Waals surface area contributed by atoms with E-state index in [1.54, 1.807) is 11.3 Å². The van der Waals surface area contributed by atoms with Crippen molar-refractivity contribution in [2.75, 3.05) is 0 Å². The molecule has 0 N–H and O–H groups in total. The van der Waals surface area contributed by atoms with E-state index in [9.17, 15) is 0 Å². The van der Waals surface area contributed by atoms with Gasteiger partial charge in [0.05, 0.1) is 21.3 Å². The van der Waals surface area contributed by atoms with Crippen LogP contribution in [0.25, 0.3) is 82.4 Å². The molecule has 6 aromatic carbocycles. The Kier molecular flexibility index (Phi) is 6.25. The molecule has 6 heteroatoms. The van der Waals surface area contributed by atoms with E-state index < -0.39 is 0 Å². The van der Waals surface area contributed by atoms with Gasteiger partial charge in [-0.3, -0.25) is 0 Å². The summed E-state index contributed by atoms with van der Waals surface area (Å²) < 4.78 is 3.45. The van der Waals surface area contributed by atoms with E-state index >= 15 is 0 Å². The van der Waals surface area contributed by atoms with Gasteiger partial charge < -0.3 is 4.57 Å². The van der Waals surface area contributed by atoms with Gasteiger partial charge in [-0.15, -0.1) is 11.3 Å². The fraction of sp³-hybridized carbons (Fsp3) is 0. The van der Waals surface area contributed by atoms with Gasteiger partial charge in [-0.1, -0.05) is 109 Å². The third-order valence-corrected chi connectivity index (χ3v) is 9.36. The molecule has 9 rings (SSSR count). The van der Waals surface area contributed by atoms with Crippen molar-refractivity contribution in [1.29, 1.82) is 0 Å². The summed E-state index contributed by atoms with van der Waals surface area (Å²) in [5.41, 5.74) is 8.30. The Hall–Kier alpha value is -5.98. The Morgan fingerprint density at radius 3 is 1.59 bits per heavy atom. The largest absolute Gasteiger partial charge is 0.309 e. The summed E-state index contributed by atoms with van der Waals surface area (Å²) in [6.07, 6.45) is 0. The Morgan fingerprint density at radius 2 is 0.957 bits per heavy atom. The smallest absolute Gasteiger partial charge is 0.164 e. The zero-order valence-corrected chi connectivity index (χ0v) is 25.4. The third kappa shape index (κ3) is 4.55. The molecule has 0 aliphatic rings. The number of nitrogens with zero attached hydrogens (tertiary/aromatic N) is 5. The summed E-state index contributed by atoms with van der Waals surface area (Å²) in [4.78, 5) is 19.8. The number of benzene rings is 6. The first-order valence-corrected chi connectivity index (χ1v) is 16.0. The molecular weight excluding hydrogens is 583 g/mol. The Bertz CT molecular complexity index is 2420. The summed E-state index contributed by atoms with van der Waals surface area (Å²) in [5.74, 6) is 1.91. The van der Waals surface area contributed by atoms with E-state index in [0.717, 1.165) is 43.2 Å². The third-order valence-electron chi connectivity index (χ3n) is 8.28. The van der Waals surface area contributed by atoms with Crippen LogP contribution in [-0.2, 0) is 0 Å². The van der Waals surface area contributed by atoms with Crippen LogP contribution in [-0.4, -0.2) is 24.5 Å². The molecule has 0 fully saturated rings. The number of para-hydroxylation sites is 2. The predicted octanol–water partition coefficient (Wildman–Crippen LogP) is 10.2. The second-order valence-electron chi connectivity index (χ2n) is 11.2.